The second-order valence-electron chi connectivity index (χ2n) is 13.2. The van der Waals surface area contributed by atoms with Crippen LogP contribution in [-0.4, -0.2) is 18.5 Å². The number of benzene rings is 7. The summed E-state index contributed by atoms with van der Waals surface area (Å²) in [6.45, 7) is 0. The Morgan fingerprint density at radius 2 is 0.980 bits per heavy atom. The third-order valence-corrected chi connectivity index (χ3v) is 10.7. The molecule has 0 saturated carbocycles. The van der Waals surface area contributed by atoms with Crippen LogP contribution >= 0.6 is 0 Å². The molecule has 0 aliphatic heterocycles. The van der Waals surface area contributed by atoms with Gasteiger partial charge in [-0.15, -0.1) is 0 Å². The number of aromatic nitrogens is 4. The summed E-state index contributed by atoms with van der Waals surface area (Å²) in [4.78, 5) is 5.27. The van der Waals surface area contributed by atoms with Gasteiger partial charge in [-0.25, -0.2) is 4.98 Å². The van der Waals surface area contributed by atoms with Crippen LogP contribution in [0.2, 0.25) is 0 Å². The van der Waals surface area contributed by atoms with Crippen molar-refractivity contribution in [1.82, 2.24) is 18.5 Å². The Hall–Kier alpha value is -6.65. The first-order valence-electron chi connectivity index (χ1n) is 16.8. The second kappa shape index (κ2) is 9.03. The topological polar surface area (TPSA) is 27.2 Å². The van der Waals surface area contributed by atoms with Gasteiger partial charge in [-0.2, -0.15) is 0 Å². The van der Waals surface area contributed by atoms with Gasteiger partial charge in [-0.1, -0.05) is 97.1 Å². The van der Waals surface area contributed by atoms with E-state index < -0.39 is 0 Å². The van der Waals surface area contributed by atoms with Crippen molar-refractivity contribution in [2.45, 2.75) is 0 Å². The summed E-state index contributed by atoms with van der Waals surface area (Å²) in [5, 5.41) is 12.4. The highest BCUT2D eigenvalue weighted by molar-refractivity contribution is 6.34. The van der Waals surface area contributed by atoms with Crippen molar-refractivity contribution in [3.8, 4) is 11.4 Å². The summed E-state index contributed by atoms with van der Waals surface area (Å²) >= 11 is 0. The third-order valence-electron chi connectivity index (χ3n) is 10.7. The first kappa shape index (κ1) is 25.4. The number of hydrogen-bond acceptors (Lipinski definition) is 1. The maximum Gasteiger partial charge on any atom is 0.145 e. The fraction of sp³-hybridized carbons (Fsp3) is 0. The van der Waals surface area contributed by atoms with Gasteiger partial charge in [0.25, 0.3) is 0 Å². The molecule has 5 aromatic heterocycles. The number of nitrogens with zero attached hydrogens (tertiary/aromatic N) is 4. The van der Waals surface area contributed by atoms with Crippen LogP contribution in [0.25, 0.3) is 104 Å². The smallest absolute Gasteiger partial charge is 0.145 e. The highest BCUT2D eigenvalue weighted by Gasteiger charge is 2.25. The van der Waals surface area contributed by atoms with Gasteiger partial charge in [-0.05, 0) is 65.4 Å². The van der Waals surface area contributed by atoms with E-state index in [9.17, 15) is 0 Å². The Morgan fingerprint density at radius 1 is 0.367 bits per heavy atom. The fourth-order valence-electron chi connectivity index (χ4n) is 8.75. The van der Waals surface area contributed by atoms with E-state index in [1.165, 1.54) is 76.1 Å². The minimum atomic E-state index is 0.958. The molecule has 226 valence electrons. The highest BCUT2D eigenvalue weighted by atomic mass is 15.1. The fourth-order valence-corrected chi connectivity index (χ4v) is 8.75. The van der Waals surface area contributed by atoms with Crippen LogP contribution in [0.5, 0.6) is 0 Å². The molecule has 0 N–H and O–H groups in total. The van der Waals surface area contributed by atoms with E-state index >= 15 is 0 Å². The summed E-state index contributed by atoms with van der Waals surface area (Å²) in [5.74, 6) is 0. The number of rotatable bonds is 2. The predicted molar refractivity (Wildman–Crippen MR) is 205 cm³/mol. The molecule has 0 spiro atoms. The predicted octanol–water partition coefficient (Wildman–Crippen LogP) is 11.6. The van der Waals surface area contributed by atoms with E-state index in [0.29, 0.717) is 0 Å². The average Bonchev–Trinajstić information content (AvgIpc) is 3.88. The summed E-state index contributed by atoms with van der Waals surface area (Å²) in [6.07, 6.45) is 2.07. The molecular weight excluding hydrogens is 597 g/mol. The van der Waals surface area contributed by atoms with Crippen LogP contribution in [0.1, 0.15) is 0 Å². The van der Waals surface area contributed by atoms with Gasteiger partial charge in [0.1, 0.15) is 5.65 Å². The van der Waals surface area contributed by atoms with Crippen LogP contribution in [0.4, 0.5) is 0 Å². The number of pyridine rings is 1. The summed E-state index contributed by atoms with van der Waals surface area (Å²) < 4.78 is 7.24. The molecule has 5 heterocycles. The first-order valence-corrected chi connectivity index (χ1v) is 16.8. The molecule has 0 bridgehead atoms. The molecule has 0 atom stereocenters. The summed E-state index contributed by atoms with van der Waals surface area (Å²) in [5.41, 5.74) is 10.4. The molecular formula is C45H26N4. The van der Waals surface area contributed by atoms with Crippen molar-refractivity contribution in [3.63, 3.8) is 0 Å². The standard InChI is InChI=1S/C45H26N4/c1-2-14-29(15-3-1)48-38-19-9-7-17-32(38)37-24-30(26-46-45(37)48)47-41-23-28-13-5-4-12-27(28)22-34(41)36-25-35-31-16-6-10-20-39(31)49-40-21-11-8-18-33(40)42(43(36)47)44(35)49/h1-26H. The maximum absolute atomic E-state index is 5.27. The zero-order chi connectivity index (χ0) is 31.8. The van der Waals surface area contributed by atoms with Gasteiger partial charge in [0.15, 0.2) is 0 Å². The van der Waals surface area contributed by atoms with Gasteiger partial charge >= 0.3 is 0 Å². The molecule has 49 heavy (non-hydrogen) atoms. The summed E-state index contributed by atoms with van der Waals surface area (Å²) in [7, 11) is 0. The van der Waals surface area contributed by atoms with Crippen LogP contribution in [0, 0.1) is 0 Å². The molecule has 0 fully saturated rings. The van der Waals surface area contributed by atoms with E-state index in [1.807, 2.05) is 0 Å². The maximum atomic E-state index is 5.27. The number of para-hydroxylation sites is 4. The van der Waals surface area contributed by atoms with Crippen molar-refractivity contribution in [1.29, 1.82) is 0 Å². The number of fused-ring (bicyclic) bond motifs is 14. The highest BCUT2D eigenvalue weighted by Crippen LogP contribution is 2.47. The van der Waals surface area contributed by atoms with Crippen molar-refractivity contribution in [2.75, 3.05) is 0 Å². The van der Waals surface area contributed by atoms with Crippen molar-refractivity contribution in [2.24, 2.45) is 0 Å². The van der Waals surface area contributed by atoms with Crippen LogP contribution < -0.4 is 0 Å². The van der Waals surface area contributed by atoms with Gasteiger partial charge in [-0.3, -0.25) is 4.57 Å². The van der Waals surface area contributed by atoms with E-state index in [4.69, 9.17) is 4.98 Å². The van der Waals surface area contributed by atoms with Crippen LogP contribution in [0.3, 0.4) is 0 Å². The lowest BCUT2D eigenvalue weighted by molar-refractivity contribution is 1.11. The van der Waals surface area contributed by atoms with Crippen LogP contribution in [-0.2, 0) is 0 Å². The van der Waals surface area contributed by atoms with E-state index in [-0.39, 0.29) is 0 Å². The van der Waals surface area contributed by atoms with E-state index in [2.05, 4.69) is 171 Å². The van der Waals surface area contributed by atoms with Gasteiger partial charge in [0, 0.05) is 48.8 Å². The molecule has 0 amide bonds. The average molecular weight is 623 g/mol. The Kier molecular flexibility index (Phi) is 4.69. The Balaban J connectivity index is 1.31. The largest absolute Gasteiger partial charge is 0.308 e. The Bertz CT molecular complexity index is 3320. The molecule has 12 rings (SSSR count). The zero-order valence-corrected chi connectivity index (χ0v) is 26.3. The molecule has 4 nitrogen and oxygen atoms in total. The second-order valence-corrected chi connectivity index (χ2v) is 13.2. The molecule has 0 radical (unpaired) electrons. The molecule has 0 unspecified atom stereocenters. The monoisotopic (exact) mass is 622 g/mol. The summed E-state index contributed by atoms with van der Waals surface area (Å²) in [6, 6.07) is 55.2. The van der Waals surface area contributed by atoms with Gasteiger partial charge < -0.3 is 8.97 Å². The minimum Gasteiger partial charge on any atom is -0.308 e. The van der Waals surface area contributed by atoms with Crippen molar-refractivity contribution >= 4 is 92.6 Å². The third kappa shape index (κ3) is 3.16. The SMILES string of the molecule is c1ccc(-n2c3ccccc3c3cc(-n4c5cc6ccccc6cc5c5cc6c7ccccc7n7c8ccccc8c(c54)c67)cnc32)cc1. The van der Waals surface area contributed by atoms with E-state index in [0.717, 1.165) is 27.9 Å². The lowest BCUT2D eigenvalue weighted by atomic mass is 10.0. The zero-order valence-electron chi connectivity index (χ0n) is 26.3. The molecule has 0 aliphatic rings. The first-order chi connectivity index (χ1) is 24.3. The normalized spacial score (nSPS) is 12.5. The Labute approximate surface area is 279 Å². The molecule has 12 aromatic rings. The quantitative estimate of drug-likeness (QED) is 0.188. The molecule has 0 aliphatic carbocycles. The van der Waals surface area contributed by atoms with E-state index in [1.54, 1.807) is 0 Å². The van der Waals surface area contributed by atoms with Gasteiger partial charge in [0.05, 0.1) is 45.0 Å². The number of hydrogen-bond donors (Lipinski definition) is 0. The lowest BCUT2D eigenvalue weighted by Gasteiger charge is -2.11. The Morgan fingerprint density at radius 3 is 1.78 bits per heavy atom. The lowest BCUT2D eigenvalue weighted by Crippen LogP contribution is -1.98. The van der Waals surface area contributed by atoms with Gasteiger partial charge in [0.2, 0.25) is 0 Å². The molecule has 4 heteroatoms. The van der Waals surface area contributed by atoms with Crippen molar-refractivity contribution in [3.05, 3.63) is 158 Å². The van der Waals surface area contributed by atoms with Crippen molar-refractivity contribution < 1.29 is 0 Å². The molecule has 0 saturated heterocycles. The minimum absolute atomic E-state index is 0.958. The molecule has 7 aromatic carbocycles. The van der Waals surface area contributed by atoms with Crippen LogP contribution in [0.15, 0.2) is 158 Å².